The minimum Gasteiger partial charge on any atom is -0.458 e. The van der Waals surface area contributed by atoms with Gasteiger partial charge in [0.15, 0.2) is 12.4 Å². The van der Waals surface area contributed by atoms with Crippen molar-refractivity contribution in [2.75, 3.05) is 0 Å². The van der Waals surface area contributed by atoms with E-state index in [0.29, 0.717) is 6.42 Å². The van der Waals surface area contributed by atoms with Gasteiger partial charge in [0.1, 0.15) is 18.8 Å². The summed E-state index contributed by atoms with van der Waals surface area (Å²) >= 11 is 0. The number of esters is 2. The molecule has 9 atom stereocenters. The van der Waals surface area contributed by atoms with Crippen molar-refractivity contribution in [1.29, 1.82) is 0 Å². The molecule has 1 saturated carbocycles. The molecule has 0 bridgehead atoms. The van der Waals surface area contributed by atoms with Gasteiger partial charge in [-0.3, -0.25) is 14.5 Å². The van der Waals surface area contributed by atoms with Crippen molar-refractivity contribution in [3.05, 3.63) is 139 Å². The molecule has 0 spiro atoms. The number of hydrogen-bond donors (Lipinski definition) is 0. The maximum absolute atomic E-state index is 14.2. The lowest BCUT2D eigenvalue weighted by molar-refractivity contribution is -0.264. The number of benzene rings is 3. The molecule has 1 saturated heterocycles. The first-order valence-electron chi connectivity index (χ1n) is 17.6. The number of carbonyl (C=O) groups excluding carboxylic acids is 3. The zero-order chi connectivity index (χ0) is 39.2. The first-order chi connectivity index (χ1) is 26.7. The first kappa shape index (κ1) is 39.9. The third-order valence-corrected chi connectivity index (χ3v) is 9.22. The number of carbonyl (C=O) groups is 3. The van der Waals surface area contributed by atoms with E-state index < -0.39 is 72.9 Å². The molecule has 3 aromatic rings. The molecule has 2 fully saturated rings. The van der Waals surface area contributed by atoms with Gasteiger partial charge in [0, 0.05) is 35.1 Å². The number of ether oxygens (including phenoxy) is 5. The molecular weight excluding hydrogens is 712 g/mol. The van der Waals surface area contributed by atoms with Crippen LogP contribution in [0.25, 0.3) is 31.3 Å². The second-order valence-electron chi connectivity index (χ2n) is 12.9. The van der Waals surface area contributed by atoms with Crippen molar-refractivity contribution < 1.29 is 38.1 Å². The summed E-state index contributed by atoms with van der Waals surface area (Å²) in [6.45, 7) is 2.42. The van der Waals surface area contributed by atoms with E-state index in [1.54, 1.807) is 4.90 Å². The molecule has 1 aliphatic heterocycles. The molecule has 18 heteroatoms. The third-order valence-electron chi connectivity index (χ3n) is 9.22. The predicted octanol–water partition coefficient (Wildman–Crippen LogP) is 7.76. The van der Waals surface area contributed by atoms with Crippen LogP contribution in [0.2, 0.25) is 0 Å². The zero-order valence-electron chi connectivity index (χ0n) is 30.1. The SMILES string of the molecule is CC(=O)OC1C(N=[N+]=[N-])CC(N=[N+]=[N-])C(OC2OC(C(c3ccccc3)N(Cc3ccccc3)C(=O)OCc3ccccc3)CCC2N=[N+]=[N-])C1OC(C)=O. The molecule has 1 heterocycles. The Bertz CT molecular complexity index is 1910. The minimum absolute atomic E-state index is 0.0169. The first-order valence-corrected chi connectivity index (χ1v) is 17.6. The largest absolute Gasteiger partial charge is 0.458 e. The zero-order valence-corrected chi connectivity index (χ0v) is 30.1. The molecule has 3 aromatic carbocycles. The summed E-state index contributed by atoms with van der Waals surface area (Å²) in [5.74, 6) is -1.55. The van der Waals surface area contributed by atoms with Crippen LogP contribution in [0.4, 0.5) is 4.79 Å². The fourth-order valence-electron chi connectivity index (χ4n) is 6.92. The maximum atomic E-state index is 14.2. The second-order valence-corrected chi connectivity index (χ2v) is 12.9. The molecule has 5 rings (SSSR count). The molecular formula is C37H40N10O8. The smallest absolute Gasteiger partial charge is 0.411 e. The fraction of sp³-hybridized carbons (Fsp3) is 0.432. The van der Waals surface area contributed by atoms with Crippen LogP contribution in [0.1, 0.15) is 55.8 Å². The van der Waals surface area contributed by atoms with E-state index >= 15 is 0 Å². The molecule has 0 N–H and O–H groups in total. The van der Waals surface area contributed by atoms with E-state index in [4.69, 9.17) is 23.7 Å². The van der Waals surface area contributed by atoms with E-state index in [1.807, 2.05) is 91.0 Å². The molecule has 0 aromatic heterocycles. The molecule has 0 radical (unpaired) electrons. The quantitative estimate of drug-likeness (QED) is 0.0516. The van der Waals surface area contributed by atoms with Gasteiger partial charge in [-0.15, -0.1) is 0 Å². The molecule has 55 heavy (non-hydrogen) atoms. The molecule has 2 aliphatic rings. The van der Waals surface area contributed by atoms with Crippen LogP contribution in [0.5, 0.6) is 0 Å². The van der Waals surface area contributed by atoms with Crippen molar-refractivity contribution in [2.24, 2.45) is 15.3 Å². The summed E-state index contributed by atoms with van der Waals surface area (Å²) in [5.41, 5.74) is 30.7. The number of azide groups is 3. The van der Waals surface area contributed by atoms with Crippen LogP contribution in [-0.2, 0) is 46.4 Å². The van der Waals surface area contributed by atoms with Crippen molar-refractivity contribution in [3.63, 3.8) is 0 Å². The Hall–Kier alpha value is -6.28. The normalized spacial score (nSPS) is 25.0. The minimum atomic E-state index is -1.44. The van der Waals surface area contributed by atoms with Crippen LogP contribution in [0, 0.1) is 0 Å². The summed E-state index contributed by atoms with van der Waals surface area (Å²) in [6, 6.07) is 24.0. The van der Waals surface area contributed by atoms with E-state index in [9.17, 15) is 31.0 Å². The average Bonchev–Trinajstić information content (AvgIpc) is 3.18. The van der Waals surface area contributed by atoms with Crippen LogP contribution in [0.3, 0.4) is 0 Å². The van der Waals surface area contributed by atoms with Gasteiger partial charge in [0.25, 0.3) is 0 Å². The van der Waals surface area contributed by atoms with Crippen LogP contribution in [-0.4, -0.2) is 71.8 Å². The Morgan fingerprint density at radius 2 is 1.25 bits per heavy atom. The Kier molecular flexibility index (Phi) is 14.3. The Labute approximate surface area is 316 Å². The van der Waals surface area contributed by atoms with E-state index in [0.717, 1.165) is 30.5 Å². The highest BCUT2D eigenvalue weighted by Gasteiger charge is 2.51. The average molecular weight is 753 g/mol. The fourth-order valence-corrected chi connectivity index (χ4v) is 6.92. The van der Waals surface area contributed by atoms with Crippen molar-refractivity contribution in [1.82, 2.24) is 4.90 Å². The van der Waals surface area contributed by atoms with Gasteiger partial charge >= 0.3 is 18.0 Å². The van der Waals surface area contributed by atoms with Crippen molar-refractivity contribution >= 4 is 18.0 Å². The number of rotatable bonds is 14. The lowest BCUT2D eigenvalue weighted by Crippen LogP contribution is -2.60. The Morgan fingerprint density at radius 3 is 1.84 bits per heavy atom. The van der Waals surface area contributed by atoms with Crippen molar-refractivity contribution in [2.45, 2.75) is 101 Å². The van der Waals surface area contributed by atoms with E-state index in [-0.39, 0.29) is 26.0 Å². The lowest BCUT2D eigenvalue weighted by Gasteiger charge is -2.46. The molecule has 1 amide bonds. The third kappa shape index (κ3) is 10.7. The number of hydrogen-bond acceptors (Lipinski definition) is 11. The van der Waals surface area contributed by atoms with Gasteiger partial charge in [-0.1, -0.05) is 106 Å². The van der Waals surface area contributed by atoms with Gasteiger partial charge in [0.05, 0.1) is 30.3 Å². The molecule has 286 valence electrons. The Morgan fingerprint density at radius 1 is 0.727 bits per heavy atom. The molecule has 1 aliphatic carbocycles. The summed E-state index contributed by atoms with van der Waals surface area (Å²) in [6.07, 6.45) is -6.49. The van der Waals surface area contributed by atoms with E-state index in [2.05, 4.69) is 30.1 Å². The summed E-state index contributed by atoms with van der Waals surface area (Å²) < 4.78 is 30.2. The van der Waals surface area contributed by atoms with Gasteiger partial charge in [-0.2, -0.15) is 0 Å². The Balaban J connectivity index is 1.54. The van der Waals surface area contributed by atoms with Gasteiger partial charge in [-0.05, 0) is 52.5 Å². The summed E-state index contributed by atoms with van der Waals surface area (Å²) in [5, 5.41) is 11.5. The summed E-state index contributed by atoms with van der Waals surface area (Å²) in [4.78, 5) is 49.2. The lowest BCUT2D eigenvalue weighted by atomic mass is 9.84. The predicted molar refractivity (Wildman–Crippen MR) is 195 cm³/mol. The van der Waals surface area contributed by atoms with Crippen molar-refractivity contribution in [3.8, 4) is 0 Å². The highest BCUT2D eigenvalue weighted by Crippen LogP contribution is 2.39. The molecule has 9 unspecified atom stereocenters. The van der Waals surface area contributed by atoms with Crippen LogP contribution < -0.4 is 0 Å². The van der Waals surface area contributed by atoms with Gasteiger partial charge in [-0.25, -0.2) is 4.79 Å². The van der Waals surface area contributed by atoms with Gasteiger partial charge in [0.2, 0.25) is 0 Å². The highest BCUT2D eigenvalue weighted by molar-refractivity contribution is 5.69. The monoisotopic (exact) mass is 752 g/mol. The topological polar surface area (TPSA) is 247 Å². The number of nitrogens with zero attached hydrogens (tertiary/aromatic N) is 10. The molecule has 18 nitrogen and oxygen atoms in total. The second kappa shape index (κ2) is 19.7. The summed E-state index contributed by atoms with van der Waals surface area (Å²) in [7, 11) is 0. The highest BCUT2D eigenvalue weighted by atomic mass is 16.7. The van der Waals surface area contributed by atoms with Gasteiger partial charge < -0.3 is 23.7 Å². The number of amides is 1. The van der Waals surface area contributed by atoms with Crippen LogP contribution >= 0.6 is 0 Å². The van der Waals surface area contributed by atoms with Crippen LogP contribution in [0.15, 0.2) is 106 Å². The standard InChI is InChI=1S/C37H40N10O8/c1-23(48)52-33-29(42-45-39)20-30(43-46-40)34(35(33)53-24(2)49)55-36-28(41-44-38)18-19-31(54-36)32(27-16-10-5-11-17-27)47(21-25-12-6-3-7-13-25)37(50)51-22-26-14-8-4-9-15-26/h3-17,28-36H,18-22H2,1-2H3. The van der Waals surface area contributed by atoms with E-state index in [1.165, 1.54) is 0 Å². The maximum Gasteiger partial charge on any atom is 0.411 e.